The van der Waals surface area contributed by atoms with Crippen molar-refractivity contribution < 1.29 is 9.21 Å². The summed E-state index contributed by atoms with van der Waals surface area (Å²) in [6.45, 7) is 1.93. The molecular weight excluding hydrogens is 190 g/mol. The Morgan fingerprint density at radius 2 is 1.93 bits per heavy atom. The number of nitrogens with zero attached hydrogens (tertiary/aromatic N) is 1. The minimum atomic E-state index is 0.228. The van der Waals surface area contributed by atoms with Gasteiger partial charge in [-0.25, -0.2) is 4.98 Å². The summed E-state index contributed by atoms with van der Waals surface area (Å²) in [5, 5.41) is 0. The molecule has 2 rings (SSSR count). The maximum absolute atomic E-state index is 10.6. The second-order valence-corrected chi connectivity index (χ2v) is 4.31. The molecule has 3 heteroatoms. The predicted molar refractivity (Wildman–Crippen MR) is 57.1 cm³/mol. The van der Waals surface area contributed by atoms with Gasteiger partial charge < -0.3 is 4.42 Å². The first-order valence-corrected chi connectivity index (χ1v) is 5.74. The van der Waals surface area contributed by atoms with Gasteiger partial charge in [0.2, 0.25) is 6.29 Å². The first-order valence-electron chi connectivity index (χ1n) is 5.74. The topological polar surface area (TPSA) is 43.1 Å². The third kappa shape index (κ3) is 2.28. The van der Waals surface area contributed by atoms with E-state index in [1.807, 2.05) is 6.92 Å². The third-order valence-electron chi connectivity index (χ3n) is 3.18. The van der Waals surface area contributed by atoms with Crippen LogP contribution in [0.3, 0.4) is 0 Å². The van der Waals surface area contributed by atoms with Crippen LogP contribution in [0.4, 0.5) is 0 Å². The van der Waals surface area contributed by atoms with Crippen molar-refractivity contribution in [3.05, 3.63) is 17.3 Å². The first-order chi connectivity index (χ1) is 7.31. The summed E-state index contributed by atoms with van der Waals surface area (Å²) in [6, 6.07) is 0. The fraction of sp³-hybridized carbons (Fsp3) is 0.667. The third-order valence-corrected chi connectivity index (χ3v) is 3.18. The molecule has 0 amide bonds. The first kappa shape index (κ1) is 10.4. The second kappa shape index (κ2) is 4.60. The van der Waals surface area contributed by atoms with E-state index in [1.54, 1.807) is 0 Å². The number of aryl methyl sites for hydroxylation is 1. The number of carbonyl (C=O) groups is 1. The molecule has 1 aliphatic rings. The Balaban J connectivity index is 2.18. The Hall–Kier alpha value is -1.12. The second-order valence-electron chi connectivity index (χ2n) is 4.31. The van der Waals surface area contributed by atoms with Crippen LogP contribution in [-0.2, 0) is 0 Å². The highest BCUT2D eigenvalue weighted by molar-refractivity contribution is 5.67. The van der Waals surface area contributed by atoms with Crippen molar-refractivity contribution in [3.8, 4) is 0 Å². The zero-order valence-electron chi connectivity index (χ0n) is 9.16. The fourth-order valence-electron chi connectivity index (χ4n) is 2.40. The van der Waals surface area contributed by atoms with Crippen molar-refractivity contribution in [2.75, 3.05) is 0 Å². The number of hydrogen-bond acceptors (Lipinski definition) is 3. The van der Waals surface area contributed by atoms with Crippen molar-refractivity contribution in [2.45, 2.75) is 51.4 Å². The molecule has 3 nitrogen and oxygen atoms in total. The van der Waals surface area contributed by atoms with E-state index in [0.29, 0.717) is 12.2 Å². The van der Waals surface area contributed by atoms with Gasteiger partial charge in [-0.2, -0.15) is 0 Å². The van der Waals surface area contributed by atoms with E-state index in [0.717, 1.165) is 11.5 Å². The molecule has 0 aromatic carbocycles. The summed E-state index contributed by atoms with van der Waals surface area (Å²) < 4.78 is 5.48. The standard InChI is InChI=1S/C12H17NO2/c1-9-12(15-11(8-14)13-9)10-6-4-2-3-5-7-10/h8,10H,2-7H2,1H3. The summed E-state index contributed by atoms with van der Waals surface area (Å²) in [4.78, 5) is 14.7. The molecule has 1 fully saturated rings. The van der Waals surface area contributed by atoms with Gasteiger partial charge in [-0.1, -0.05) is 25.7 Å². The highest BCUT2D eigenvalue weighted by atomic mass is 16.4. The van der Waals surface area contributed by atoms with Gasteiger partial charge in [-0.3, -0.25) is 4.79 Å². The molecule has 1 aliphatic carbocycles. The predicted octanol–water partition coefficient (Wildman–Crippen LogP) is 3.23. The van der Waals surface area contributed by atoms with E-state index >= 15 is 0 Å². The van der Waals surface area contributed by atoms with Crippen LogP contribution in [0.15, 0.2) is 4.42 Å². The average Bonchev–Trinajstić information content (AvgIpc) is 2.48. The van der Waals surface area contributed by atoms with Gasteiger partial charge in [0.1, 0.15) is 5.76 Å². The lowest BCUT2D eigenvalue weighted by atomic mass is 9.96. The lowest BCUT2D eigenvalue weighted by molar-refractivity contribution is 0.109. The van der Waals surface area contributed by atoms with E-state index in [1.165, 1.54) is 38.5 Å². The lowest BCUT2D eigenvalue weighted by Crippen LogP contribution is -1.97. The Morgan fingerprint density at radius 1 is 1.27 bits per heavy atom. The molecule has 0 aliphatic heterocycles. The maximum Gasteiger partial charge on any atom is 0.260 e. The van der Waals surface area contributed by atoms with Crippen molar-refractivity contribution in [2.24, 2.45) is 0 Å². The smallest absolute Gasteiger partial charge is 0.260 e. The Morgan fingerprint density at radius 3 is 2.47 bits per heavy atom. The van der Waals surface area contributed by atoms with Gasteiger partial charge in [0.05, 0.1) is 5.69 Å². The summed E-state index contributed by atoms with van der Waals surface area (Å²) in [5.41, 5.74) is 0.893. The summed E-state index contributed by atoms with van der Waals surface area (Å²) >= 11 is 0. The quantitative estimate of drug-likeness (QED) is 0.552. The molecule has 0 saturated heterocycles. The zero-order valence-corrected chi connectivity index (χ0v) is 9.16. The number of aldehydes is 1. The number of carbonyl (C=O) groups excluding carboxylic acids is 1. The van der Waals surface area contributed by atoms with Gasteiger partial charge in [-0.15, -0.1) is 0 Å². The maximum atomic E-state index is 10.6. The molecule has 0 N–H and O–H groups in total. The Labute approximate surface area is 89.9 Å². The Bertz CT molecular complexity index is 335. The van der Waals surface area contributed by atoms with Gasteiger partial charge >= 0.3 is 0 Å². The average molecular weight is 207 g/mol. The minimum Gasteiger partial charge on any atom is -0.439 e. The lowest BCUT2D eigenvalue weighted by Gasteiger charge is -2.10. The van der Waals surface area contributed by atoms with E-state index in [-0.39, 0.29) is 5.89 Å². The van der Waals surface area contributed by atoms with E-state index < -0.39 is 0 Å². The SMILES string of the molecule is Cc1nc(C=O)oc1C1CCCCCC1. The van der Waals surface area contributed by atoms with E-state index in [4.69, 9.17) is 4.42 Å². The zero-order chi connectivity index (χ0) is 10.7. The van der Waals surface area contributed by atoms with Crippen molar-refractivity contribution in [1.29, 1.82) is 0 Å². The van der Waals surface area contributed by atoms with E-state index in [2.05, 4.69) is 4.98 Å². The van der Waals surface area contributed by atoms with Gasteiger partial charge in [0, 0.05) is 5.92 Å². The van der Waals surface area contributed by atoms with Crippen LogP contribution in [0, 0.1) is 6.92 Å². The van der Waals surface area contributed by atoms with Crippen LogP contribution >= 0.6 is 0 Å². The molecule has 0 unspecified atom stereocenters. The number of aromatic nitrogens is 1. The number of rotatable bonds is 2. The molecule has 0 bridgehead atoms. The highest BCUT2D eigenvalue weighted by Crippen LogP contribution is 2.33. The fourth-order valence-corrected chi connectivity index (χ4v) is 2.40. The van der Waals surface area contributed by atoms with E-state index in [9.17, 15) is 4.79 Å². The van der Waals surface area contributed by atoms with Crippen LogP contribution in [0.2, 0.25) is 0 Å². The molecule has 0 spiro atoms. The number of hydrogen-bond donors (Lipinski definition) is 0. The van der Waals surface area contributed by atoms with Gasteiger partial charge in [0.15, 0.2) is 0 Å². The summed E-state index contributed by atoms with van der Waals surface area (Å²) in [5.74, 6) is 1.65. The van der Waals surface area contributed by atoms with Crippen molar-refractivity contribution in [3.63, 3.8) is 0 Å². The molecule has 1 aromatic heterocycles. The van der Waals surface area contributed by atoms with Crippen molar-refractivity contribution in [1.82, 2.24) is 4.98 Å². The molecule has 1 heterocycles. The monoisotopic (exact) mass is 207 g/mol. The van der Waals surface area contributed by atoms with Gasteiger partial charge in [0.25, 0.3) is 5.89 Å². The summed E-state index contributed by atoms with van der Waals surface area (Å²) in [7, 11) is 0. The minimum absolute atomic E-state index is 0.228. The number of oxazole rings is 1. The molecule has 82 valence electrons. The van der Waals surface area contributed by atoms with Crippen molar-refractivity contribution >= 4 is 6.29 Å². The van der Waals surface area contributed by atoms with Crippen LogP contribution in [0.1, 0.15) is 66.6 Å². The molecule has 15 heavy (non-hydrogen) atoms. The van der Waals surface area contributed by atoms with Crippen LogP contribution in [0.25, 0.3) is 0 Å². The van der Waals surface area contributed by atoms with Crippen LogP contribution in [-0.4, -0.2) is 11.3 Å². The normalized spacial score (nSPS) is 18.7. The molecule has 1 aromatic rings. The van der Waals surface area contributed by atoms with Crippen LogP contribution in [0.5, 0.6) is 0 Å². The Kier molecular flexibility index (Phi) is 3.19. The molecular formula is C12H17NO2. The molecule has 0 radical (unpaired) electrons. The highest BCUT2D eigenvalue weighted by Gasteiger charge is 2.21. The summed E-state index contributed by atoms with van der Waals surface area (Å²) in [6.07, 6.45) is 8.22. The largest absolute Gasteiger partial charge is 0.439 e. The molecule has 1 saturated carbocycles. The molecule has 0 atom stereocenters. The van der Waals surface area contributed by atoms with Gasteiger partial charge in [-0.05, 0) is 19.8 Å². The van der Waals surface area contributed by atoms with Crippen LogP contribution < -0.4 is 0 Å².